The molecule has 0 atom stereocenters. The van der Waals surface area contributed by atoms with Gasteiger partial charge in [-0.15, -0.1) is 0 Å². The van der Waals surface area contributed by atoms with Crippen molar-refractivity contribution in [3.05, 3.63) is 59.2 Å². The zero-order valence-corrected chi connectivity index (χ0v) is 14.0. The number of carbonyl (C=O) groups excluding carboxylic acids is 1. The van der Waals surface area contributed by atoms with E-state index in [-0.39, 0.29) is 12.3 Å². The third-order valence-electron chi connectivity index (χ3n) is 3.72. The van der Waals surface area contributed by atoms with Crippen molar-refractivity contribution in [1.82, 2.24) is 15.1 Å². The van der Waals surface area contributed by atoms with Crippen molar-refractivity contribution < 1.29 is 9.32 Å². The second-order valence-electron chi connectivity index (χ2n) is 5.45. The monoisotopic (exact) mass is 350 g/mol. The highest BCUT2D eigenvalue weighted by Crippen LogP contribution is 2.21. The normalized spacial score (nSPS) is 10.9. The van der Waals surface area contributed by atoms with Crippen LogP contribution in [-0.2, 0) is 11.2 Å². The molecule has 0 saturated carbocycles. The van der Waals surface area contributed by atoms with Gasteiger partial charge < -0.3 is 9.84 Å². The number of aryl methyl sites for hydroxylation is 1. The molecule has 0 aliphatic rings. The summed E-state index contributed by atoms with van der Waals surface area (Å²) < 4.78 is 5.21. The van der Waals surface area contributed by atoms with E-state index < -0.39 is 0 Å². The Morgan fingerprint density at radius 2 is 2.12 bits per heavy atom. The number of amides is 1. The molecule has 1 aromatic carbocycles. The summed E-state index contributed by atoms with van der Waals surface area (Å²) in [5.41, 5.74) is 2.40. The van der Waals surface area contributed by atoms with E-state index in [2.05, 4.69) is 20.4 Å². The first-order valence-corrected chi connectivity index (χ1v) is 8.72. The molecule has 0 bridgehead atoms. The third-order valence-corrected chi connectivity index (χ3v) is 4.40. The van der Waals surface area contributed by atoms with Crippen LogP contribution in [0.3, 0.4) is 0 Å². The molecule has 25 heavy (non-hydrogen) atoms. The molecule has 7 heteroatoms. The van der Waals surface area contributed by atoms with E-state index in [0.29, 0.717) is 23.8 Å². The summed E-state index contributed by atoms with van der Waals surface area (Å²) in [5, 5.41) is 11.7. The molecule has 0 spiro atoms. The molecule has 4 aromatic rings. The molecule has 1 amide bonds. The Labute approximate surface area is 147 Å². The minimum absolute atomic E-state index is 0.117. The standard InChI is InChI=1S/C18H14N4O2S/c23-15(20-14-5-1-3-12-4-2-9-19-17(12)14)6-7-16-21-18(22-24-16)13-8-10-25-11-13/h1-5,8-11H,6-7H2,(H,20,23). The Morgan fingerprint density at radius 1 is 1.20 bits per heavy atom. The molecular weight excluding hydrogens is 336 g/mol. The van der Waals surface area contributed by atoms with Crippen LogP contribution in [0.1, 0.15) is 12.3 Å². The zero-order chi connectivity index (χ0) is 17.1. The number of hydrogen-bond donors (Lipinski definition) is 1. The summed E-state index contributed by atoms with van der Waals surface area (Å²) in [6, 6.07) is 11.5. The lowest BCUT2D eigenvalue weighted by Crippen LogP contribution is -2.13. The third kappa shape index (κ3) is 3.41. The first kappa shape index (κ1) is 15.5. The summed E-state index contributed by atoms with van der Waals surface area (Å²) in [6.45, 7) is 0. The average Bonchev–Trinajstić information content (AvgIpc) is 3.32. The minimum atomic E-state index is -0.117. The van der Waals surface area contributed by atoms with Gasteiger partial charge in [-0.05, 0) is 23.6 Å². The van der Waals surface area contributed by atoms with Crippen molar-refractivity contribution in [1.29, 1.82) is 0 Å². The van der Waals surface area contributed by atoms with Crippen LogP contribution in [0, 0.1) is 0 Å². The van der Waals surface area contributed by atoms with Crippen molar-refractivity contribution in [2.24, 2.45) is 0 Å². The Morgan fingerprint density at radius 3 is 3.00 bits per heavy atom. The molecule has 0 radical (unpaired) electrons. The number of nitrogens with one attached hydrogen (secondary N) is 1. The summed E-state index contributed by atoms with van der Waals surface area (Å²) in [6.07, 6.45) is 2.36. The van der Waals surface area contributed by atoms with E-state index in [1.54, 1.807) is 17.5 Å². The van der Waals surface area contributed by atoms with E-state index in [9.17, 15) is 4.79 Å². The van der Waals surface area contributed by atoms with Gasteiger partial charge in [0.05, 0.1) is 11.2 Å². The molecular formula is C18H14N4O2S. The van der Waals surface area contributed by atoms with Crippen LogP contribution in [0.25, 0.3) is 22.3 Å². The lowest BCUT2D eigenvalue weighted by Gasteiger charge is -2.07. The minimum Gasteiger partial charge on any atom is -0.339 e. The Kier molecular flexibility index (Phi) is 4.22. The predicted molar refractivity (Wildman–Crippen MR) is 96.3 cm³/mol. The van der Waals surface area contributed by atoms with Gasteiger partial charge in [-0.3, -0.25) is 9.78 Å². The van der Waals surface area contributed by atoms with E-state index in [1.165, 1.54) is 0 Å². The smallest absolute Gasteiger partial charge is 0.227 e. The molecule has 3 aromatic heterocycles. The number of aromatic nitrogens is 3. The van der Waals surface area contributed by atoms with Crippen LogP contribution in [0.4, 0.5) is 5.69 Å². The molecule has 0 fully saturated rings. The first-order chi connectivity index (χ1) is 12.3. The molecule has 1 N–H and O–H groups in total. The number of hydrogen-bond acceptors (Lipinski definition) is 6. The van der Waals surface area contributed by atoms with Gasteiger partial charge in [0, 0.05) is 35.4 Å². The SMILES string of the molecule is O=C(CCc1nc(-c2ccsc2)no1)Nc1cccc2cccnc12. The zero-order valence-electron chi connectivity index (χ0n) is 13.2. The lowest BCUT2D eigenvalue weighted by atomic mass is 10.2. The number of rotatable bonds is 5. The van der Waals surface area contributed by atoms with Gasteiger partial charge in [-0.2, -0.15) is 16.3 Å². The molecule has 3 heterocycles. The predicted octanol–water partition coefficient (Wildman–Crippen LogP) is 3.92. The van der Waals surface area contributed by atoms with Crippen LogP contribution < -0.4 is 5.32 Å². The summed E-state index contributed by atoms with van der Waals surface area (Å²) in [7, 11) is 0. The van der Waals surface area contributed by atoms with Crippen molar-refractivity contribution in [2.75, 3.05) is 5.32 Å². The highest BCUT2D eigenvalue weighted by molar-refractivity contribution is 7.08. The number of nitrogens with zero attached hydrogens (tertiary/aromatic N) is 3. The van der Waals surface area contributed by atoms with Crippen LogP contribution in [-0.4, -0.2) is 21.0 Å². The van der Waals surface area contributed by atoms with Crippen molar-refractivity contribution in [3.8, 4) is 11.4 Å². The van der Waals surface area contributed by atoms with E-state index >= 15 is 0 Å². The first-order valence-electron chi connectivity index (χ1n) is 7.78. The maximum atomic E-state index is 12.2. The fourth-order valence-electron chi connectivity index (χ4n) is 2.50. The van der Waals surface area contributed by atoms with Crippen molar-refractivity contribution in [2.45, 2.75) is 12.8 Å². The fraction of sp³-hybridized carbons (Fsp3) is 0.111. The molecule has 0 aliphatic carbocycles. The van der Waals surface area contributed by atoms with Gasteiger partial charge in [-0.25, -0.2) is 0 Å². The number of anilines is 1. The van der Waals surface area contributed by atoms with Gasteiger partial charge in [0.25, 0.3) is 0 Å². The number of fused-ring (bicyclic) bond motifs is 1. The molecule has 124 valence electrons. The number of carbonyl (C=O) groups is 1. The highest BCUT2D eigenvalue weighted by atomic mass is 32.1. The molecule has 0 saturated heterocycles. The van der Waals surface area contributed by atoms with E-state index in [4.69, 9.17) is 4.52 Å². The van der Waals surface area contributed by atoms with Crippen LogP contribution in [0.5, 0.6) is 0 Å². The van der Waals surface area contributed by atoms with Crippen LogP contribution >= 0.6 is 11.3 Å². The van der Waals surface area contributed by atoms with E-state index in [1.807, 2.05) is 47.2 Å². The van der Waals surface area contributed by atoms with Gasteiger partial charge in [-0.1, -0.05) is 23.4 Å². The Hall–Kier alpha value is -3.06. The van der Waals surface area contributed by atoms with Crippen LogP contribution in [0.2, 0.25) is 0 Å². The van der Waals surface area contributed by atoms with Crippen LogP contribution in [0.15, 0.2) is 57.9 Å². The quantitative estimate of drug-likeness (QED) is 0.590. The van der Waals surface area contributed by atoms with E-state index in [0.717, 1.165) is 16.5 Å². The largest absolute Gasteiger partial charge is 0.339 e. The Balaban J connectivity index is 1.41. The van der Waals surface area contributed by atoms with Gasteiger partial charge in [0.1, 0.15) is 0 Å². The summed E-state index contributed by atoms with van der Waals surface area (Å²) >= 11 is 1.57. The number of pyridine rings is 1. The lowest BCUT2D eigenvalue weighted by molar-refractivity contribution is -0.116. The molecule has 6 nitrogen and oxygen atoms in total. The van der Waals surface area contributed by atoms with Gasteiger partial charge in [0.2, 0.25) is 17.6 Å². The summed E-state index contributed by atoms with van der Waals surface area (Å²) in [5.74, 6) is 0.885. The molecule has 0 unspecified atom stereocenters. The average molecular weight is 350 g/mol. The number of para-hydroxylation sites is 1. The second-order valence-corrected chi connectivity index (χ2v) is 6.23. The van der Waals surface area contributed by atoms with Crippen molar-refractivity contribution in [3.63, 3.8) is 0 Å². The van der Waals surface area contributed by atoms with Crippen molar-refractivity contribution >= 4 is 33.8 Å². The molecule has 4 rings (SSSR count). The van der Waals surface area contributed by atoms with Gasteiger partial charge >= 0.3 is 0 Å². The highest BCUT2D eigenvalue weighted by Gasteiger charge is 2.12. The maximum absolute atomic E-state index is 12.2. The number of benzene rings is 1. The number of thiophene rings is 1. The molecule has 0 aliphatic heterocycles. The fourth-order valence-corrected chi connectivity index (χ4v) is 3.14. The maximum Gasteiger partial charge on any atom is 0.227 e. The Bertz CT molecular complexity index is 1010. The summed E-state index contributed by atoms with van der Waals surface area (Å²) in [4.78, 5) is 20.9. The topological polar surface area (TPSA) is 80.9 Å². The second kappa shape index (κ2) is 6.82. The van der Waals surface area contributed by atoms with Gasteiger partial charge in [0.15, 0.2) is 0 Å².